The van der Waals surface area contributed by atoms with Crippen LogP contribution < -0.4 is 4.90 Å². The highest BCUT2D eigenvalue weighted by Crippen LogP contribution is 2.31. The van der Waals surface area contributed by atoms with Crippen LogP contribution in [-0.4, -0.2) is 65.5 Å². The van der Waals surface area contributed by atoms with Gasteiger partial charge in [-0.15, -0.1) is 0 Å². The molecule has 1 aromatic carbocycles. The lowest BCUT2D eigenvalue weighted by Crippen LogP contribution is -2.36. The van der Waals surface area contributed by atoms with Crippen LogP contribution in [-0.2, 0) is 9.47 Å². The number of methoxy groups -OCH3 is 1. The van der Waals surface area contributed by atoms with E-state index in [9.17, 15) is 5.11 Å². The molecule has 1 aliphatic heterocycles. The highest BCUT2D eigenvalue weighted by atomic mass is 35.5. The Bertz CT molecular complexity index is 960. The minimum atomic E-state index is -0.758. The average Bonchev–Trinajstić information content (AvgIpc) is 3.15. The number of halogens is 1. The van der Waals surface area contributed by atoms with Gasteiger partial charge in [-0.1, -0.05) is 35.5 Å². The van der Waals surface area contributed by atoms with Crippen LogP contribution in [0.2, 0.25) is 5.02 Å². The Labute approximate surface area is 178 Å². The molecule has 3 aromatic rings. The fourth-order valence-electron chi connectivity index (χ4n) is 3.19. The number of morpholine rings is 1. The second-order valence-electron chi connectivity index (χ2n) is 6.71. The number of H-pyrrole nitrogens is 1. The van der Waals surface area contributed by atoms with Gasteiger partial charge in [-0.2, -0.15) is 0 Å². The monoisotopic (exact) mass is 434 g/mol. The largest absolute Gasteiger partial charge is 0.378 e. The van der Waals surface area contributed by atoms with Gasteiger partial charge in [0.05, 0.1) is 29.4 Å². The van der Waals surface area contributed by atoms with Crippen LogP contribution in [0, 0.1) is 0 Å². The van der Waals surface area contributed by atoms with Crippen molar-refractivity contribution >= 4 is 40.2 Å². The topological polar surface area (TPSA) is 83.5 Å². The number of imidazole rings is 1. The zero-order valence-corrected chi connectivity index (χ0v) is 17.7. The second-order valence-corrected chi connectivity index (χ2v) is 8.20. The summed E-state index contributed by atoms with van der Waals surface area (Å²) in [5.41, 5.74) is 4.25. The van der Waals surface area contributed by atoms with E-state index in [1.807, 2.05) is 18.2 Å². The lowest BCUT2D eigenvalue weighted by Gasteiger charge is -2.28. The van der Waals surface area contributed by atoms with Crippen molar-refractivity contribution in [3.63, 3.8) is 0 Å². The number of aromatic nitrogens is 3. The number of pyridine rings is 1. The minimum Gasteiger partial charge on any atom is -0.378 e. The number of thioether (sulfide) groups is 1. The number of nitrogens with zero attached hydrogens (tertiary/aromatic N) is 3. The van der Waals surface area contributed by atoms with Gasteiger partial charge in [0.2, 0.25) is 0 Å². The number of aromatic amines is 1. The number of ether oxygens (including phenoxy) is 2. The summed E-state index contributed by atoms with van der Waals surface area (Å²) in [7, 11) is 1.48. The molecule has 2 N–H and O–H groups in total. The van der Waals surface area contributed by atoms with Gasteiger partial charge >= 0.3 is 0 Å². The van der Waals surface area contributed by atoms with E-state index in [1.165, 1.54) is 24.6 Å². The van der Waals surface area contributed by atoms with Crippen molar-refractivity contribution in [1.29, 1.82) is 0 Å². The van der Waals surface area contributed by atoms with Gasteiger partial charge in [-0.25, -0.2) is 9.97 Å². The molecule has 7 nitrogen and oxygen atoms in total. The number of nitrogens with one attached hydrogen (secondary N) is 1. The summed E-state index contributed by atoms with van der Waals surface area (Å²) >= 11 is 8.02. The number of aliphatic hydroxyl groups excluding tert-OH is 1. The van der Waals surface area contributed by atoms with Crippen LogP contribution in [0.1, 0.15) is 6.42 Å². The van der Waals surface area contributed by atoms with Gasteiger partial charge in [0, 0.05) is 43.6 Å². The van der Waals surface area contributed by atoms with E-state index in [4.69, 9.17) is 21.1 Å². The summed E-state index contributed by atoms with van der Waals surface area (Å²) in [4.78, 5) is 14.8. The lowest BCUT2D eigenvalue weighted by atomic mass is 10.1. The van der Waals surface area contributed by atoms with Gasteiger partial charge in [-0.3, -0.25) is 0 Å². The van der Waals surface area contributed by atoms with Gasteiger partial charge in [0.25, 0.3) is 0 Å². The molecule has 4 rings (SSSR count). The maximum Gasteiger partial charge on any atom is 0.179 e. The predicted octanol–water partition coefficient (Wildman–Crippen LogP) is 3.56. The molecular weight excluding hydrogens is 412 g/mol. The number of hydrogen-bond acceptors (Lipinski definition) is 7. The summed E-state index contributed by atoms with van der Waals surface area (Å²) in [6, 6.07) is 10.1. The van der Waals surface area contributed by atoms with Gasteiger partial charge in [0.15, 0.2) is 17.1 Å². The highest BCUT2D eigenvalue weighted by molar-refractivity contribution is 7.99. The number of benzene rings is 1. The number of anilines is 1. The Morgan fingerprint density at radius 1 is 1.28 bits per heavy atom. The van der Waals surface area contributed by atoms with Crippen LogP contribution in [0.15, 0.2) is 35.5 Å². The van der Waals surface area contributed by atoms with Crippen LogP contribution in [0.5, 0.6) is 0 Å². The first-order valence-electron chi connectivity index (χ1n) is 9.47. The highest BCUT2D eigenvalue weighted by Gasteiger charge is 2.14. The molecule has 3 heterocycles. The Hall–Kier alpha value is -1.84. The zero-order chi connectivity index (χ0) is 20.2. The zero-order valence-electron chi connectivity index (χ0n) is 16.1. The van der Waals surface area contributed by atoms with Crippen molar-refractivity contribution in [2.24, 2.45) is 0 Å². The van der Waals surface area contributed by atoms with Crippen molar-refractivity contribution in [1.82, 2.24) is 15.0 Å². The summed E-state index contributed by atoms with van der Waals surface area (Å²) in [6.07, 6.45) is -0.237. The molecule has 0 radical (unpaired) electrons. The number of aliphatic hydroxyl groups is 1. The van der Waals surface area contributed by atoms with Gasteiger partial charge < -0.3 is 24.5 Å². The molecule has 0 aliphatic carbocycles. The first-order valence-corrected chi connectivity index (χ1v) is 10.8. The molecular formula is C20H23ClN4O3S. The van der Waals surface area contributed by atoms with Crippen molar-refractivity contribution < 1.29 is 14.6 Å². The number of rotatable bonds is 7. The first-order chi connectivity index (χ1) is 14.1. The smallest absolute Gasteiger partial charge is 0.179 e. The fourth-order valence-corrected chi connectivity index (χ4v) is 4.30. The minimum absolute atomic E-state index is 0.521. The molecule has 1 aliphatic rings. The van der Waals surface area contributed by atoms with Crippen molar-refractivity contribution in [3.8, 4) is 11.3 Å². The van der Waals surface area contributed by atoms with E-state index in [0.717, 1.165) is 42.5 Å². The molecule has 1 saturated heterocycles. The molecule has 0 spiro atoms. The molecule has 9 heteroatoms. The molecule has 0 bridgehead atoms. The van der Waals surface area contributed by atoms with Gasteiger partial charge in [0.1, 0.15) is 0 Å². The summed E-state index contributed by atoms with van der Waals surface area (Å²) in [6.45, 7) is 3.32. The predicted molar refractivity (Wildman–Crippen MR) is 116 cm³/mol. The lowest BCUT2D eigenvalue weighted by molar-refractivity contribution is -0.0740. The summed E-state index contributed by atoms with van der Waals surface area (Å²) in [5, 5.41) is 10.8. The van der Waals surface area contributed by atoms with E-state index < -0.39 is 6.29 Å². The molecule has 0 saturated carbocycles. The third kappa shape index (κ3) is 4.84. The maximum absolute atomic E-state index is 9.47. The summed E-state index contributed by atoms with van der Waals surface area (Å²) < 4.78 is 10.3. The number of hydrogen-bond donors (Lipinski definition) is 2. The molecule has 1 unspecified atom stereocenters. The molecule has 1 atom stereocenters. The maximum atomic E-state index is 9.47. The second kappa shape index (κ2) is 9.32. The third-order valence-corrected chi connectivity index (χ3v) is 5.99. The Morgan fingerprint density at radius 2 is 2.03 bits per heavy atom. The molecule has 0 amide bonds. The Balaban J connectivity index is 1.52. The number of fused-ring (bicyclic) bond motifs is 1. The van der Waals surface area contributed by atoms with E-state index >= 15 is 0 Å². The first kappa shape index (κ1) is 20.4. The van der Waals surface area contributed by atoms with E-state index in [0.29, 0.717) is 28.5 Å². The standard InChI is InChI=1S/C20H23ClN4O3S/c1-27-17(26)6-11-29-20-22-16-12-15(21)18(23-19(16)24-20)13-2-4-14(5-3-13)25-7-9-28-10-8-25/h2-5,12,17,26H,6-11H2,1H3,(H,22,23,24). The van der Waals surface area contributed by atoms with E-state index in [-0.39, 0.29) is 0 Å². The van der Waals surface area contributed by atoms with E-state index in [2.05, 4.69) is 32.0 Å². The van der Waals surface area contributed by atoms with Gasteiger partial charge in [-0.05, 0) is 18.2 Å². The Kier molecular flexibility index (Phi) is 6.56. The van der Waals surface area contributed by atoms with Crippen LogP contribution in [0.25, 0.3) is 22.4 Å². The average molecular weight is 435 g/mol. The molecule has 1 fully saturated rings. The van der Waals surface area contributed by atoms with Crippen molar-refractivity contribution in [2.75, 3.05) is 44.1 Å². The normalized spacial score (nSPS) is 15.8. The van der Waals surface area contributed by atoms with Crippen LogP contribution in [0.3, 0.4) is 0 Å². The summed E-state index contributed by atoms with van der Waals surface area (Å²) in [5.74, 6) is 0.679. The Morgan fingerprint density at radius 3 is 2.76 bits per heavy atom. The molecule has 2 aromatic heterocycles. The quantitative estimate of drug-likeness (QED) is 0.434. The van der Waals surface area contributed by atoms with Crippen LogP contribution >= 0.6 is 23.4 Å². The fraction of sp³-hybridized carbons (Fsp3) is 0.400. The van der Waals surface area contributed by atoms with Crippen molar-refractivity contribution in [2.45, 2.75) is 17.9 Å². The van der Waals surface area contributed by atoms with Crippen molar-refractivity contribution in [3.05, 3.63) is 35.4 Å². The third-order valence-electron chi connectivity index (χ3n) is 4.80. The molecule has 29 heavy (non-hydrogen) atoms. The van der Waals surface area contributed by atoms with Crippen LogP contribution in [0.4, 0.5) is 5.69 Å². The SMILES string of the molecule is COC(O)CCSc1nc2nc(-c3ccc(N4CCOCC4)cc3)c(Cl)cc2[nH]1. The van der Waals surface area contributed by atoms with E-state index in [1.54, 1.807) is 0 Å². The molecule has 154 valence electrons.